The quantitative estimate of drug-likeness (QED) is 0.736. The fourth-order valence-electron chi connectivity index (χ4n) is 2.08. The van der Waals surface area contributed by atoms with E-state index in [4.69, 9.17) is 4.74 Å². The van der Waals surface area contributed by atoms with Gasteiger partial charge in [-0.15, -0.1) is 0 Å². The molecule has 2 rings (SSSR count). The number of para-hydroxylation sites is 1. The number of anilines is 1. The zero-order chi connectivity index (χ0) is 19.8. The summed E-state index contributed by atoms with van der Waals surface area (Å²) in [6.07, 6.45) is 0. The van der Waals surface area contributed by atoms with Crippen molar-refractivity contribution in [3.8, 4) is 0 Å². The zero-order valence-corrected chi connectivity index (χ0v) is 15.2. The molecular weight excluding hydrogens is 375 g/mol. The summed E-state index contributed by atoms with van der Waals surface area (Å²) < 4.78 is 30.3. The van der Waals surface area contributed by atoms with Crippen molar-refractivity contribution >= 4 is 34.4 Å². The molecule has 0 spiro atoms. The van der Waals surface area contributed by atoms with Gasteiger partial charge in [0, 0.05) is 5.75 Å². The average molecular weight is 392 g/mol. The molecule has 3 amide bonds. The molecule has 7 nitrogen and oxygen atoms in total. The molecular formula is C18H17FN2O5S. The second-order valence-corrected chi connectivity index (χ2v) is 6.90. The van der Waals surface area contributed by atoms with Gasteiger partial charge in [0.05, 0.1) is 26.9 Å². The average Bonchev–Trinajstić information content (AvgIpc) is 2.67. The third kappa shape index (κ3) is 5.71. The number of carbonyl (C=O) groups excluding carboxylic acids is 3. The number of ether oxygens (including phenoxy) is 1. The predicted octanol–water partition coefficient (Wildman–Crippen LogP) is 2.46. The Balaban J connectivity index is 1.90. The van der Waals surface area contributed by atoms with Crippen LogP contribution in [0, 0.1) is 5.82 Å². The Kier molecular flexibility index (Phi) is 7.18. The lowest BCUT2D eigenvalue weighted by Crippen LogP contribution is -2.37. The van der Waals surface area contributed by atoms with E-state index in [0.29, 0.717) is 10.6 Å². The van der Waals surface area contributed by atoms with Crippen LogP contribution in [0.25, 0.3) is 0 Å². The Morgan fingerprint density at radius 3 is 2.44 bits per heavy atom. The second-order valence-electron chi connectivity index (χ2n) is 5.19. The Hall–Kier alpha value is -3.07. The van der Waals surface area contributed by atoms with Crippen LogP contribution in [0.3, 0.4) is 0 Å². The lowest BCUT2D eigenvalue weighted by atomic mass is 10.2. The van der Waals surface area contributed by atoms with E-state index in [9.17, 15) is 23.0 Å². The predicted molar refractivity (Wildman–Crippen MR) is 97.2 cm³/mol. The van der Waals surface area contributed by atoms with Gasteiger partial charge in [-0.25, -0.2) is 14.0 Å². The van der Waals surface area contributed by atoms with E-state index in [1.54, 1.807) is 19.1 Å². The largest absolute Gasteiger partial charge is 0.452 e. The molecule has 0 saturated heterocycles. The molecule has 27 heavy (non-hydrogen) atoms. The van der Waals surface area contributed by atoms with E-state index in [-0.39, 0.29) is 11.3 Å². The van der Waals surface area contributed by atoms with Crippen LogP contribution < -0.4 is 10.6 Å². The summed E-state index contributed by atoms with van der Waals surface area (Å²) in [6, 6.07) is 10.7. The van der Waals surface area contributed by atoms with Crippen molar-refractivity contribution in [3.05, 3.63) is 59.9 Å². The molecule has 0 aromatic heterocycles. The molecule has 2 aromatic rings. The van der Waals surface area contributed by atoms with Crippen molar-refractivity contribution in [3.63, 3.8) is 0 Å². The highest BCUT2D eigenvalue weighted by Crippen LogP contribution is 2.15. The summed E-state index contributed by atoms with van der Waals surface area (Å²) in [6.45, 7) is 0.983. The van der Waals surface area contributed by atoms with Crippen LogP contribution in [0.15, 0.2) is 53.4 Å². The van der Waals surface area contributed by atoms with E-state index in [0.717, 1.165) is 6.07 Å². The van der Waals surface area contributed by atoms with Gasteiger partial charge < -0.3 is 10.1 Å². The number of hydrogen-bond acceptors (Lipinski definition) is 5. The minimum atomic E-state index is -1.37. The first-order valence-electron chi connectivity index (χ1n) is 7.92. The van der Waals surface area contributed by atoms with Crippen LogP contribution in [-0.4, -0.2) is 34.5 Å². The molecule has 0 bridgehead atoms. The van der Waals surface area contributed by atoms with Crippen LogP contribution in [0.2, 0.25) is 0 Å². The number of urea groups is 1. The van der Waals surface area contributed by atoms with Crippen LogP contribution in [0.5, 0.6) is 0 Å². The van der Waals surface area contributed by atoms with Crippen LogP contribution >= 0.6 is 0 Å². The molecule has 2 aromatic carbocycles. The minimum Gasteiger partial charge on any atom is -0.452 e. The zero-order valence-electron chi connectivity index (χ0n) is 14.4. The number of amides is 3. The number of carbonyl (C=O) groups is 3. The SMILES string of the molecule is CC[S@@](=O)c1ccccc1C(=O)OCC(=O)NC(=O)Nc1ccccc1F. The maximum Gasteiger partial charge on any atom is 0.339 e. The standard InChI is InChI=1S/C18H17FN2O5S/c1-2-27(25)15-10-6-3-7-12(15)17(23)26-11-16(22)21-18(24)20-14-9-5-4-8-13(14)19/h3-10H,2,11H2,1H3,(H2,20,21,22,24)/t27-/m1/s1. The maximum atomic E-state index is 13.4. The first-order valence-corrected chi connectivity index (χ1v) is 9.24. The van der Waals surface area contributed by atoms with E-state index in [1.807, 2.05) is 5.32 Å². The fraction of sp³-hybridized carbons (Fsp3) is 0.167. The molecule has 0 aliphatic carbocycles. The first kappa shape index (κ1) is 20.2. The number of benzene rings is 2. The van der Waals surface area contributed by atoms with E-state index in [2.05, 4.69) is 5.32 Å². The van der Waals surface area contributed by atoms with Crippen molar-refractivity contribution in [2.45, 2.75) is 11.8 Å². The highest BCUT2D eigenvalue weighted by Gasteiger charge is 2.18. The fourth-order valence-corrected chi connectivity index (χ4v) is 3.02. The number of rotatable bonds is 6. The van der Waals surface area contributed by atoms with Gasteiger partial charge in [-0.1, -0.05) is 31.2 Å². The summed E-state index contributed by atoms with van der Waals surface area (Å²) in [5.74, 6) is -2.07. The lowest BCUT2D eigenvalue weighted by Gasteiger charge is -2.09. The molecule has 0 unspecified atom stereocenters. The molecule has 0 fully saturated rings. The van der Waals surface area contributed by atoms with Gasteiger partial charge in [-0.2, -0.15) is 0 Å². The smallest absolute Gasteiger partial charge is 0.339 e. The minimum absolute atomic E-state index is 0.0845. The van der Waals surface area contributed by atoms with Crippen molar-refractivity contribution in [2.24, 2.45) is 0 Å². The van der Waals surface area contributed by atoms with Crippen LogP contribution in [0.1, 0.15) is 17.3 Å². The van der Waals surface area contributed by atoms with Crippen LogP contribution in [-0.2, 0) is 20.3 Å². The monoisotopic (exact) mass is 392 g/mol. The van der Waals surface area contributed by atoms with Gasteiger partial charge in [-0.05, 0) is 24.3 Å². The Morgan fingerprint density at radius 1 is 1.07 bits per heavy atom. The molecule has 0 aliphatic heterocycles. The van der Waals surface area contributed by atoms with Gasteiger partial charge in [0.25, 0.3) is 5.91 Å². The van der Waals surface area contributed by atoms with E-state index in [1.165, 1.54) is 30.3 Å². The molecule has 0 saturated carbocycles. The van der Waals surface area contributed by atoms with E-state index >= 15 is 0 Å². The van der Waals surface area contributed by atoms with Crippen molar-refractivity contribution in [1.29, 1.82) is 0 Å². The number of esters is 1. The topological polar surface area (TPSA) is 102 Å². The third-order valence-corrected chi connectivity index (χ3v) is 4.69. The molecule has 0 aliphatic rings. The van der Waals surface area contributed by atoms with Crippen molar-refractivity contribution in [1.82, 2.24) is 5.32 Å². The summed E-state index contributed by atoms with van der Waals surface area (Å²) >= 11 is 0. The summed E-state index contributed by atoms with van der Waals surface area (Å²) in [5, 5.41) is 4.08. The third-order valence-electron chi connectivity index (χ3n) is 3.32. The van der Waals surface area contributed by atoms with Gasteiger partial charge in [0.15, 0.2) is 6.61 Å². The van der Waals surface area contributed by atoms with Gasteiger partial charge >= 0.3 is 12.0 Å². The molecule has 9 heteroatoms. The number of imide groups is 1. The number of nitrogens with one attached hydrogen (secondary N) is 2. The van der Waals surface area contributed by atoms with Gasteiger partial charge in [-0.3, -0.25) is 14.3 Å². The summed E-state index contributed by atoms with van der Waals surface area (Å²) in [7, 11) is -1.37. The van der Waals surface area contributed by atoms with Crippen molar-refractivity contribution < 1.29 is 27.7 Å². The highest BCUT2D eigenvalue weighted by atomic mass is 32.2. The maximum absolute atomic E-state index is 13.4. The highest BCUT2D eigenvalue weighted by molar-refractivity contribution is 7.85. The normalized spacial score (nSPS) is 11.3. The van der Waals surface area contributed by atoms with E-state index < -0.39 is 41.1 Å². The summed E-state index contributed by atoms with van der Waals surface area (Å²) in [5.41, 5.74) is -0.0166. The Labute approximate surface area is 157 Å². The summed E-state index contributed by atoms with van der Waals surface area (Å²) in [4.78, 5) is 35.9. The Morgan fingerprint density at radius 2 is 1.74 bits per heavy atom. The molecule has 0 heterocycles. The Bertz CT molecular complexity index is 888. The van der Waals surface area contributed by atoms with Gasteiger partial charge in [0.2, 0.25) is 0 Å². The van der Waals surface area contributed by atoms with Crippen LogP contribution in [0.4, 0.5) is 14.9 Å². The van der Waals surface area contributed by atoms with Crippen molar-refractivity contribution in [2.75, 3.05) is 17.7 Å². The van der Waals surface area contributed by atoms with Gasteiger partial charge in [0.1, 0.15) is 5.82 Å². The number of hydrogen-bond donors (Lipinski definition) is 2. The molecule has 1 atom stereocenters. The lowest BCUT2D eigenvalue weighted by molar-refractivity contribution is -0.123. The molecule has 0 radical (unpaired) electrons. The number of halogens is 1. The second kappa shape index (κ2) is 9.58. The molecule has 142 valence electrons. The first-order chi connectivity index (χ1) is 12.9. The molecule has 2 N–H and O–H groups in total.